The third-order valence-electron chi connectivity index (χ3n) is 5.83. The first-order chi connectivity index (χ1) is 17.6. The maximum absolute atomic E-state index is 13.5. The van der Waals surface area contributed by atoms with Crippen LogP contribution in [0.15, 0.2) is 64.6 Å². The second-order valence-corrected chi connectivity index (χ2v) is 10.8. The molecule has 0 atom stereocenters. The van der Waals surface area contributed by atoms with Gasteiger partial charge in [-0.25, -0.2) is 13.4 Å². The Morgan fingerprint density at radius 2 is 2.03 bits per heavy atom. The Labute approximate surface area is 205 Å². The molecule has 34 heavy (non-hydrogen) atoms. The molecule has 0 bridgehead atoms. The molecule has 0 spiro atoms. The molecule has 1 aromatic carbocycles. The minimum atomic E-state index is -3.82. The van der Waals surface area contributed by atoms with Crippen molar-refractivity contribution in [3.8, 4) is 11.1 Å². The second-order valence-electron chi connectivity index (χ2n) is 7.93. The number of piperidine rings is 1. The summed E-state index contributed by atoms with van der Waals surface area (Å²) in [7, 11) is -3.82. The van der Waals surface area contributed by atoms with Crippen LogP contribution in [0.1, 0.15) is 28.7 Å². The predicted octanol–water partition coefficient (Wildman–Crippen LogP) is 4.26. The molecule has 1 aliphatic heterocycles. The normalized spacial score (nSPS) is 16.6. The van der Waals surface area contributed by atoms with Crippen LogP contribution in [0.2, 0.25) is 0 Å². The summed E-state index contributed by atoms with van der Waals surface area (Å²) in [5.74, 6) is -0.321. The first kappa shape index (κ1) is 19.0. The Bertz CT molecular complexity index is 1480. The Hall–Kier alpha value is -3.31. The van der Waals surface area contributed by atoms with Gasteiger partial charge in [0.1, 0.15) is 16.4 Å². The number of nitrogens with zero attached hydrogens (tertiary/aromatic N) is 5. The summed E-state index contributed by atoms with van der Waals surface area (Å²) in [6.07, 6.45) is 3.81. The molecule has 4 heterocycles. The predicted molar refractivity (Wildman–Crippen MR) is 130 cm³/mol. The fraction of sp³-hybridized carbons (Fsp3) is 0.261. The number of sulfonamides is 1. The summed E-state index contributed by atoms with van der Waals surface area (Å²) in [5, 5.41) is 9.57. The number of nitrogens with one attached hydrogen (secondary N) is 1. The highest BCUT2D eigenvalue weighted by atomic mass is 32.2. The molecule has 0 unspecified atom stereocenters. The number of pyridine rings is 1. The van der Waals surface area contributed by atoms with Crippen LogP contribution in [0.4, 0.5) is 15.8 Å². The van der Waals surface area contributed by atoms with Crippen LogP contribution >= 0.6 is 11.3 Å². The first-order valence-corrected chi connectivity index (χ1v) is 13.0. The SMILES string of the molecule is [2H]C([2H])([2H])n1cnnc1C1CCN(c2c(NS(=O)(=O)c3cccs3)cccc2-c2ccc(F)nc2)CC1. The van der Waals surface area contributed by atoms with E-state index in [0.29, 0.717) is 54.3 Å². The lowest BCUT2D eigenvalue weighted by Gasteiger charge is -2.35. The molecule has 5 rings (SSSR count). The largest absolute Gasteiger partial charge is 0.369 e. The molecule has 176 valence electrons. The quantitative estimate of drug-likeness (QED) is 0.397. The van der Waals surface area contributed by atoms with Crippen molar-refractivity contribution >= 4 is 32.7 Å². The molecule has 8 nitrogen and oxygen atoms in total. The maximum atomic E-state index is 13.5. The van der Waals surface area contributed by atoms with Crippen molar-refractivity contribution in [2.75, 3.05) is 22.7 Å². The molecule has 0 saturated carbocycles. The lowest BCUT2D eigenvalue weighted by atomic mass is 9.94. The van der Waals surface area contributed by atoms with Crippen molar-refractivity contribution in [2.45, 2.75) is 23.0 Å². The number of para-hydroxylation sites is 1. The van der Waals surface area contributed by atoms with E-state index < -0.39 is 22.9 Å². The van der Waals surface area contributed by atoms with Crippen LogP contribution < -0.4 is 9.62 Å². The Morgan fingerprint density at radius 1 is 1.18 bits per heavy atom. The van der Waals surface area contributed by atoms with Gasteiger partial charge in [-0.05, 0) is 42.5 Å². The van der Waals surface area contributed by atoms with Gasteiger partial charge in [-0.2, -0.15) is 4.39 Å². The lowest BCUT2D eigenvalue weighted by Crippen LogP contribution is -2.34. The zero-order valence-electron chi connectivity index (χ0n) is 20.9. The number of hydrogen-bond acceptors (Lipinski definition) is 7. The molecular formula is C23H23FN6O2S2. The molecule has 1 saturated heterocycles. The van der Waals surface area contributed by atoms with Gasteiger partial charge in [0.15, 0.2) is 0 Å². The highest BCUT2D eigenvalue weighted by Gasteiger charge is 2.28. The fourth-order valence-corrected chi connectivity index (χ4v) is 6.29. The summed E-state index contributed by atoms with van der Waals surface area (Å²) in [5.41, 5.74) is 2.37. The fourth-order valence-electron chi connectivity index (χ4n) is 4.23. The zero-order chi connectivity index (χ0) is 26.2. The average Bonchev–Trinajstić information content (AvgIpc) is 3.57. The number of thiophene rings is 1. The van der Waals surface area contributed by atoms with Gasteiger partial charge in [0.05, 0.1) is 11.4 Å². The van der Waals surface area contributed by atoms with E-state index in [1.807, 2.05) is 6.07 Å². The highest BCUT2D eigenvalue weighted by molar-refractivity contribution is 7.94. The number of aromatic nitrogens is 4. The maximum Gasteiger partial charge on any atom is 0.271 e. The van der Waals surface area contributed by atoms with Crippen molar-refractivity contribution in [1.82, 2.24) is 19.7 Å². The van der Waals surface area contributed by atoms with E-state index in [-0.39, 0.29) is 10.1 Å². The van der Waals surface area contributed by atoms with Crippen LogP contribution in [0.5, 0.6) is 0 Å². The van der Waals surface area contributed by atoms with Gasteiger partial charge >= 0.3 is 0 Å². The highest BCUT2D eigenvalue weighted by Crippen LogP contribution is 2.41. The molecule has 1 fully saturated rings. The van der Waals surface area contributed by atoms with Gasteiger partial charge in [0.25, 0.3) is 10.0 Å². The van der Waals surface area contributed by atoms with Gasteiger partial charge in [-0.15, -0.1) is 21.5 Å². The van der Waals surface area contributed by atoms with E-state index >= 15 is 0 Å². The third kappa shape index (κ3) is 4.40. The molecule has 1 N–H and O–H groups in total. The van der Waals surface area contributed by atoms with E-state index in [1.165, 1.54) is 24.7 Å². The molecule has 0 amide bonds. The van der Waals surface area contributed by atoms with E-state index in [9.17, 15) is 12.8 Å². The first-order valence-electron chi connectivity index (χ1n) is 12.1. The van der Waals surface area contributed by atoms with Gasteiger partial charge < -0.3 is 9.47 Å². The molecular weight excluding hydrogens is 475 g/mol. The van der Waals surface area contributed by atoms with Crippen LogP contribution in [0, 0.1) is 5.95 Å². The van der Waals surface area contributed by atoms with Gasteiger partial charge in [0, 0.05) is 47.4 Å². The summed E-state index contributed by atoms with van der Waals surface area (Å²) in [6.45, 7) is -1.35. The van der Waals surface area contributed by atoms with Crippen molar-refractivity contribution < 1.29 is 16.9 Å². The number of hydrogen-bond donors (Lipinski definition) is 1. The number of anilines is 2. The summed E-state index contributed by atoms with van der Waals surface area (Å²) >= 11 is 1.12. The van der Waals surface area contributed by atoms with E-state index in [4.69, 9.17) is 4.11 Å². The molecule has 0 radical (unpaired) electrons. The monoisotopic (exact) mass is 501 g/mol. The van der Waals surface area contributed by atoms with Gasteiger partial charge in [0.2, 0.25) is 5.95 Å². The number of benzene rings is 1. The van der Waals surface area contributed by atoms with Crippen LogP contribution in [-0.4, -0.2) is 41.3 Å². The smallest absolute Gasteiger partial charge is 0.271 e. The van der Waals surface area contributed by atoms with Crippen molar-refractivity contribution in [3.05, 3.63) is 72.1 Å². The molecule has 4 aromatic rings. The van der Waals surface area contributed by atoms with E-state index in [0.717, 1.165) is 15.9 Å². The van der Waals surface area contributed by atoms with Crippen LogP contribution in [0.3, 0.4) is 0 Å². The Kier molecular flexibility index (Phi) is 5.12. The number of aryl methyl sites for hydroxylation is 1. The zero-order valence-corrected chi connectivity index (χ0v) is 19.6. The minimum absolute atomic E-state index is 0.120. The molecule has 3 aromatic heterocycles. The van der Waals surface area contributed by atoms with Crippen molar-refractivity contribution in [3.63, 3.8) is 0 Å². The Morgan fingerprint density at radius 3 is 2.74 bits per heavy atom. The average molecular weight is 502 g/mol. The third-order valence-corrected chi connectivity index (χ3v) is 8.59. The van der Waals surface area contributed by atoms with Crippen LogP contribution in [-0.2, 0) is 17.0 Å². The standard InChI is InChI=1S/C23H23FN6O2S2/c1-29-15-26-27-23(29)16-9-11-30(12-10-16)22-18(17-7-8-20(24)25-14-17)4-2-5-19(22)28-34(31,32)21-6-3-13-33-21/h2-8,13-16,28H,9-12H2,1H3/i1D3. The summed E-state index contributed by atoms with van der Waals surface area (Å²) in [4.78, 5) is 5.82. The Balaban J connectivity index is 1.50. The van der Waals surface area contributed by atoms with E-state index in [2.05, 4.69) is 24.8 Å². The van der Waals surface area contributed by atoms with Gasteiger partial charge in [-0.3, -0.25) is 4.72 Å². The molecule has 1 aliphatic rings. The summed E-state index contributed by atoms with van der Waals surface area (Å²) in [6, 6.07) is 11.3. The van der Waals surface area contributed by atoms with Crippen LogP contribution in [0.25, 0.3) is 11.1 Å². The molecule has 0 aliphatic carbocycles. The summed E-state index contributed by atoms with van der Waals surface area (Å²) < 4.78 is 67.0. The number of halogens is 1. The molecule has 11 heteroatoms. The number of rotatable bonds is 6. The minimum Gasteiger partial charge on any atom is -0.369 e. The van der Waals surface area contributed by atoms with Crippen molar-refractivity contribution in [2.24, 2.45) is 6.98 Å². The topological polar surface area (TPSA) is 93.0 Å². The van der Waals surface area contributed by atoms with Crippen molar-refractivity contribution in [1.29, 1.82) is 0 Å². The van der Waals surface area contributed by atoms with E-state index in [1.54, 1.807) is 29.6 Å². The van der Waals surface area contributed by atoms with Gasteiger partial charge in [-0.1, -0.05) is 18.2 Å². The second kappa shape index (κ2) is 9.15. The lowest BCUT2D eigenvalue weighted by molar-refractivity contribution is 0.474.